The predicted molar refractivity (Wildman–Crippen MR) is 145 cm³/mol. The van der Waals surface area contributed by atoms with E-state index in [1.54, 1.807) is 18.2 Å². The summed E-state index contributed by atoms with van der Waals surface area (Å²) in [7, 11) is 0. The van der Waals surface area contributed by atoms with Crippen molar-refractivity contribution in [3.05, 3.63) is 60.3 Å². The van der Waals surface area contributed by atoms with Gasteiger partial charge in [0, 0.05) is 12.3 Å². The Morgan fingerprint density at radius 2 is 1.65 bits per heavy atom. The summed E-state index contributed by atoms with van der Waals surface area (Å²) in [6.45, 7) is 6.34. The van der Waals surface area contributed by atoms with Crippen molar-refractivity contribution >= 4 is 11.9 Å². The zero-order valence-electron chi connectivity index (χ0n) is 22.6. The minimum absolute atomic E-state index is 0.00217. The Morgan fingerprint density at radius 3 is 2.41 bits per heavy atom. The maximum absolute atomic E-state index is 13.0. The number of allylic oxidation sites excluding steroid dienone is 6. The highest BCUT2D eigenvalue weighted by atomic mass is 16.5. The molecule has 0 aromatic rings. The van der Waals surface area contributed by atoms with Crippen molar-refractivity contribution in [1.82, 2.24) is 0 Å². The average molecular weight is 513 g/mol. The highest BCUT2D eigenvalue weighted by Gasteiger charge is 2.32. The third kappa shape index (κ3) is 10.4. The molecule has 3 heterocycles. The van der Waals surface area contributed by atoms with E-state index in [0.29, 0.717) is 5.92 Å². The summed E-state index contributed by atoms with van der Waals surface area (Å²) >= 11 is 0. The number of ether oxygens (including phenoxy) is 3. The highest BCUT2D eigenvalue weighted by molar-refractivity contribution is 5.70. The fourth-order valence-corrected chi connectivity index (χ4v) is 5.38. The molecule has 7 atom stereocenters. The number of rotatable bonds is 5. The second-order valence-electron chi connectivity index (χ2n) is 10.7. The summed E-state index contributed by atoms with van der Waals surface area (Å²) in [5, 5.41) is 8.71. The maximum Gasteiger partial charge on any atom is 0.309 e. The quantitative estimate of drug-likeness (QED) is 0.258. The van der Waals surface area contributed by atoms with Gasteiger partial charge in [-0.3, -0.25) is 9.59 Å². The molecule has 204 valence electrons. The number of carbonyl (C=O) groups excluding carboxylic acids is 1. The van der Waals surface area contributed by atoms with Gasteiger partial charge in [-0.2, -0.15) is 0 Å². The van der Waals surface area contributed by atoms with E-state index in [9.17, 15) is 9.59 Å². The monoisotopic (exact) mass is 512 g/mol. The van der Waals surface area contributed by atoms with Gasteiger partial charge in [-0.05, 0) is 57.4 Å². The molecule has 7 unspecified atom stereocenters. The van der Waals surface area contributed by atoms with E-state index >= 15 is 0 Å². The van der Waals surface area contributed by atoms with Crippen LogP contribution in [0.1, 0.15) is 78.6 Å². The number of cyclic esters (lactones) is 1. The van der Waals surface area contributed by atoms with Gasteiger partial charge in [-0.25, -0.2) is 0 Å². The normalized spacial score (nSPS) is 36.2. The smallest absolute Gasteiger partial charge is 0.309 e. The van der Waals surface area contributed by atoms with Crippen LogP contribution in [0.15, 0.2) is 60.3 Å². The fraction of sp³-hybridized carbons (Fsp3) is 0.613. The third-order valence-electron chi connectivity index (χ3n) is 7.36. The minimum atomic E-state index is -0.863. The molecule has 1 N–H and O–H groups in total. The van der Waals surface area contributed by atoms with Gasteiger partial charge in [-0.1, -0.05) is 68.0 Å². The van der Waals surface area contributed by atoms with Crippen molar-refractivity contribution in [2.75, 3.05) is 0 Å². The van der Waals surface area contributed by atoms with Gasteiger partial charge in [0.15, 0.2) is 0 Å². The zero-order chi connectivity index (χ0) is 26.6. The molecule has 6 heteroatoms. The standard InChI is InChI=1S/C31H44O6/c1-4-24-18-27-20-26-12-10-11-25(35-26)17-22(2)15-16-23(3)29(37-31(34)21-28(19-24)36-27)13-8-6-5-7-9-14-30(32)33/h4-9,13,15-16,22-23,25-29H,10-12,14,17-21H2,1-3H3,(H,32,33)/b6-5-,9-7+,13-8+,16-15+,24-4-. The number of fused-ring (bicyclic) bond motifs is 4. The first-order valence-corrected chi connectivity index (χ1v) is 13.9. The molecule has 0 aliphatic carbocycles. The molecule has 3 rings (SSSR count). The topological polar surface area (TPSA) is 82.1 Å². The summed E-state index contributed by atoms with van der Waals surface area (Å²) in [5.41, 5.74) is 1.34. The Bertz CT molecular complexity index is 897. The van der Waals surface area contributed by atoms with Crippen molar-refractivity contribution in [2.24, 2.45) is 11.8 Å². The van der Waals surface area contributed by atoms with Crippen LogP contribution in [0.2, 0.25) is 0 Å². The number of carbonyl (C=O) groups is 2. The molecular weight excluding hydrogens is 468 g/mol. The molecule has 2 fully saturated rings. The average Bonchev–Trinajstić information content (AvgIpc) is 2.85. The van der Waals surface area contributed by atoms with E-state index in [4.69, 9.17) is 19.3 Å². The van der Waals surface area contributed by atoms with Crippen molar-refractivity contribution in [1.29, 1.82) is 0 Å². The van der Waals surface area contributed by atoms with Crippen LogP contribution in [0.4, 0.5) is 0 Å². The first-order chi connectivity index (χ1) is 17.8. The molecule has 0 radical (unpaired) electrons. The molecular formula is C31H44O6. The molecule has 0 spiro atoms. The summed E-state index contributed by atoms with van der Waals surface area (Å²) < 4.78 is 18.9. The lowest BCUT2D eigenvalue weighted by atomic mass is 9.90. The van der Waals surface area contributed by atoms with E-state index in [0.717, 1.165) is 38.5 Å². The highest BCUT2D eigenvalue weighted by Crippen LogP contribution is 2.33. The lowest BCUT2D eigenvalue weighted by Gasteiger charge is -2.37. The van der Waals surface area contributed by atoms with E-state index in [-0.39, 0.29) is 49.1 Å². The first-order valence-electron chi connectivity index (χ1n) is 13.9. The summed E-state index contributed by atoms with van der Waals surface area (Å²) in [4.78, 5) is 23.6. The summed E-state index contributed by atoms with van der Waals surface area (Å²) in [6, 6.07) is 0. The lowest BCUT2D eigenvalue weighted by molar-refractivity contribution is -0.154. The van der Waals surface area contributed by atoms with Crippen LogP contribution in [-0.2, 0) is 23.8 Å². The molecule has 3 aliphatic rings. The molecule has 0 aromatic carbocycles. The molecule has 37 heavy (non-hydrogen) atoms. The number of carboxylic acids is 1. The van der Waals surface area contributed by atoms with Crippen LogP contribution < -0.4 is 0 Å². The van der Waals surface area contributed by atoms with Gasteiger partial charge in [-0.15, -0.1) is 0 Å². The number of esters is 1. The Morgan fingerprint density at radius 1 is 0.946 bits per heavy atom. The fourth-order valence-electron chi connectivity index (χ4n) is 5.38. The summed E-state index contributed by atoms with van der Waals surface area (Å²) in [5.74, 6) is -0.755. The van der Waals surface area contributed by atoms with Crippen LogP contribution >= 0.6 is 0 Å². The number of carboxylic acid groups (broad SMARTS) is 1. The van der Waals surface area contributed by atoms with Crippen LogP contribution in [0.25, 0.3) is 0 Å². The molecule has 0 amide bonds. The van der Waals surface area contributed by atoms with Crippen LogP contribution in [-0.4, -0.2) is 47.6 Å². The van der Waals surface area contributed by atoms with Crippen molar-refractivity contribution in [3.63, 3.8) is 0 Å². The zero-order valence-corrected chi connectivity index (χ0v) is 22.6. The van der Waals surface area contributed by atoms with Gasteiger partial charge in [0.1, 0.15) is 6.10 Å². The Kier molecular flexibility index (Phi) is 11.9. The van der Waals surface area contributed by atoms with Gasteiger partial charge >= 0.3 is 11.9 Å². The van der Waals surface area contributed by atoms with Crippen molar-refractivity contribution < 1.29 is 28.9 Å². The lowest BCUT2D eigenvalue weighted by Crippen LogP contribution is -2.37. The second-order valence-corrected chi connectivity index (χ2v) is 10.7. The second kappa shape index (κ2) is 15.1. The SMILES string of the molecule is C/C=C1\CC2CC(=O)OC(/C=C/C=C\C=C\CC(=O)O)C(C)/C=C/C(C)CC3CCCC(CC(C1)O2)O3. The third-order valence-corrected chi connectivity index (χ3v) is 7.36. The van der Waals surface area contributed by atoms with Crippen LogP contribution in [0, 0.1) is 11.8 Å². The van der Waals surface area contributed by atoms with Crippen molar-refractivity contribution in [3.8, 4) is 0 Å². The van der Waals surface area contributed by atoms with E-state index < -0.39 is 12.1 Å². The molecule has 0 aromatic heterocycles. The van der Waals surface area contributed by atoms with E-state index in [1.807, 2.05) is 18.2 Å². The van der Waals surface area contributed by atoms with Crippen LogP contribution in [0.3, 0.4) is 0 Å². The maximum atomic E-state index is 13.0. The predicted octanol–water partition coefficient (Wildman–Crippen LogP) is 6.49. The molecule has 4 bridgehead atoms. The Balaban J connectivity index is 1.75. The van der Waals surface area contributed by atoms with Gasteiger partial charge < -0.3 is 19.3 Å². The van der Waals surface area contributed by atoms with E-state index in [2.05, 4.69) is 39.0 Å². The Labute approximate surface area is 222 Å². The summed E-state index contributed by atoms with van der Waals surface area (Å²) in [6.07, 6.45) is 24.2. The van der Waals surface area contributed by atoms with Crippen LogP contribution in [0.5, 0.6) is 0 Å². The molecule has 2 saturated heterocycles. The Hall–Kier alpha value is -2.44. The number of hydrogen-bond acceptors (Lipinski definition) is 5. The first kappa shape index (κ1) is 29.1. The van der Waals surface area contributed by atoms with Gasteiger partial charge in [0.05, 0.1) is 37.3 Å². The van der Waals surface area contributed by atoms with E-state index in [1.165, 1.54) is 12.0 Å². The largest absolute Gasteiger partial charge is 0.481 e. The number of hydrogen-bond donors (Lipinski definition) is 1. The molecule has 6 nitrogen and oxygen atoms in total. The van der Waals surface area contributed by atoms with Gasteiger partial charge in [0.25, 0.3) is 0 Å². The number of aliphatic carboxylic acids is 1. The van der Waals surface area contributed by atoms with Crippen molar-refractivity contribution in [2.45, 2.75) is 109 Å². The molecule has 3 aliphatic heterocycles. The minimum Gasteiger partial charge on any atom is -0.481 e. The van der Waals surface area contributed by atoms with Gasteiger partial charge in [0.2, 0.25) is 0 Å². The molecule has 0 saturated carbocycles.